The molecule has 21 heavy (non-hydrogen) atoms. The second kappa shape index (κ2) is 5.90. The molecule has 1 saturated carbocycles. The second-order valence-electron chi connectivity index (χ2n) is 6.61. The molecule has 0 spiro atoms. The van der Waals surface area contributed by atoms with Crippen molar-refractivity contribution in [1.29, 1.82) is 0 Å². The molecule has 0 saturated heterocycles. The van der Waals surface area contributed by atoms with E-state index in [1.165, 1.54) is 23.3 Å². The van der Waals surface area contributed by atoms with E-state index in [1.54, 1.807) is 12.1 Å². The molecule has 0 radical (unpaired) electrons. The highest BCUT2D eigenvalue weighted by Gasteiger charge is 2.33. The molecule has 3 rings (SSSR count). The average Bonchev–Trinajstić information content (AvgIpc) is 3.13. The van der Waals surface area contributed by atoms with Gasteiger partial charge in [0.15, 0.2) is 0 Å². The fourth-order valence-corrected chi connectivity index (χ4v) is 3.62. The van der Waals surface area contributed by atoms with Crippen LogP contribution in [0.5, 0.6) is 0 Å². The van der Waals surface area contributed by atoms with Gasteiger partial charge in [0.05, 0.1) is 0 Å². The van der Waals surface area contributed by atoms with Crippen molar-refractivity contribution in [2.75, 3.05) is 6.54 Å². The van der Waals surface area contributed by atoms with Gasteiger partial charge in [-0.1, -0.05) is 32.0 Å². The predicted octanol–water partition coefficient (Wildman–Crippen LogP) is 4.91. The maximum Gasteiger partial charge on any atom is 0.123 e. The lowest BCUT2D eigenvalue weighted by Gasteiger charge is -2.28. The summed E-state index contributed by atoms with van der Waals surface area (Å²) in [6.45, 7) is 5.49. The number of hydrogen-bond acceptors (Lipinski definition) is 2. The summed E-state index contributed by atoms with van der Waals surface area (Å²) in [5.41, 5.74) is 1.34. The maximum atomic E-state index is 13.1. The zero-order valence-electron chi connectivity index (χ0n) is 12.6. The van der Waals surface area contributed by atoms with Crippen LogP contribution in [0, 0.1) is 11.7 Å². The van der Waals surface area contributed by atoms with Crippen LogP contribution in [0.25, 0.3) is 0 Å². The van der Waals surface area contributed by atoms with Crippen molar-refractivity contribution in [3.05, 3.63) is 58.0 Å². The SMILES string of the molecule is CC(C)(CNC(c1ccc(F)cc1)C1CC1)c1cccs1. The molecule has 1 N–H and O–H groups in total. The molecular weight excluding hydrogens is 281 g/mol. The van der Waals surface area contributed by atoms with Crippen LogP contribution in [-0.4, -0.2) is 6.54 Å². The number of hydrogen-bond donors (Lipinski definition) is 1. The Morgan fingerprint density at radius 3 is 2.52 bits per heavy atom. The van der Waals surface area contributed by atoms with Gasteiger partial charge >= 0.3 is 0 Å². The number of nitrogens with one attached hydrogen (secondary N) is 1. The summed E-state index contributed by atoms with van der Waals surface area (Å²) in [6.07, 6.45) is 2.54. The maximum absolute atomic E-state index is 13.1. The molecule has 3 heteroatoms. The molecule has 1 atom stereocenters. The highest BCUT2D eigenvalue weighted by Crippen LogP contribution is 2.41. The molecule has 2 aromatic rings. The van der Waals surface area contributed by atoms with Crippen molar-refractivity contribution in [1.82, 2.24) is 5.32 Å². The van der Waals surface area contributed by atoms with Crippen LogP contribution in [0.4, 0.5) is 4.39 Å². The van der Waals surface area contributed by atoms with E-state index in [1.807, 2.05) is 23.5 Å². The summed E-state index contributed by atoms with van der Waals surface area (Å²) < 4.78 is 13.1. The monoisotopic (exact) mass is 303 g/mol. The molecule has 0 bridgehead atoms. The largest absolute Gasteiger partial charge is 0.309 e. The van der Waals surface area contributed by atoms with E-state index < -0.39 is 0 Å². The van der Waals surface area contributed by atoms with E-state index in [0.717, 1.165) is 6.54 Å². The molecule has 112 valence electrons. The molecule has 1 heterocycles. The fraction of sp³-hybridized carbons (Fsp3) is 0.444. The van der Waals surface area contributed by atoms with Crippen LogP contribution >= 0.6 is 11.3 Å². The van der Waals surface area contributed by atoms with Crippen LogP contribution in [0.3, 0.4) is 0 Å². The molecular formula is C18H22FNS. The van der Waals surface area contributed by atoms with Gasteiger partial charge in [0.25, 0.3) is 0 Å². The van der Waals surface area contributed by atoms with Crippen molar-refractivity contribution >= 4 is 11.3 Å². The smallest absolute Gasteiger partial charge is 0.123 e. The molecule has 1 nitrogen and oxygen atoms in total. The van der Waals surface area contributed by atoms with Crippen molar-refractivity contribution in [3.8, 4) is 0 Å². The summed E-state index contributed by atoms with van der Waals surface area (Å²) in [7, 11) is 0. The number of halogens is 1. The van der Waals surface area contributed by atoms with E-state index >= 15 is 0 Å². The van der Waals surface area contributed by atoms with E-state index in [-0.39, 0.29) is 11.2 Å². The van der Waals surface area contributed by atoms with Gasteiger partial charge in [0.1, 0.15) is 5.82 Å². The summed E-state index contributed by atoms with van der Waals surface area (Å²) in [5.74, 6) is 0.543. The highest BCUT2D eigenvalue weighted by molar-refractivity contribution is 7.10. The van der Waals surface area contributed by atoms with Crippen LogP contribution in [-0.2, 0) is 5.41 Å². The zero-order valence-corrected chi connectivity index (χ0v) is 13.4. The quantitative estimate of drug-likeness (QED) is 0.800. The fourth-order valence-electron chi connectivity index (χ4n) is 2.77. The third-order valence-corrected chi connectivity index (χ3v) is 5.51. The Morgan fingerprint density at radius 1 is 1.24 bits per heavy atom. The van der Waals surface area contributed by atoms with Crippen LogP contribution < -0.4 is 5.32 Å². The Hall–Kier alpha value is -1.19. The molecule has 1 aromatic carbocycles. The first-order chi connectivity index (χ1) is 10.1. The van der Waals surface area contributed by atoms with Gasteiger partial charge in [-0.3, -0.25) is 0 Å². The molecule has 1 aromatic heterocycles. The van der Waals surface area contributed by atoms with Gasteiger partial charge in [0, 0.05) is 22.9 Å². The lowest BCUT2D eigenvalue weighted by molar-refractivity contribution is 0.403. The zero-order chi connectivity index (χ0) is 14.9. The summed E-state index contributed by atoms with van der Waals surface area (Å²) >= 11 is 1.81. The number of thiophene rings is 1. The Labute approximate surface area is 130 Å². The summed E-state index contributed by atoms with van der Waals surface area (Å²) in [6, 6.07) is 11.6. The first-order valence-corrected chi connectivity index (χ1v) is 8.47. The van der Waals surface area contributed by atoms with Gasteiger partial charge in [-0.05, 0) is 47.9 Å². The molecule has 1 aliphatic rings. The van der Waals surface area contributed by atoms with Crippen LogP contribution in [0.15, 0.2) is 41.8 Å². The topological polar surface area (TPSA) is 12.0 Å². The predicted molar refractivity (Wildman–Crippen MR) is 87.2 cm³/mol. The van der Waals surface area contributed by atoms with Crippen LogP contribution in [0.1, 0.15) is 43.2 Å². The average molecular weight is 303 g/mol. The van der Waals surface area contributed by atoms with Crippen molar-refractivity contribution in [2.24, 2.45) is 5.92 Å². The minimum absolute atomic E-state index is 0.126. The van der Waals surface area contributed by atoms with E-state index in [9.17, 15) is 4.39 Å². The van der Waals surface area contributed by atoms with Crippen LogP contribution in [0.2, 0.25) is 0 Å². The molecule has 0 aliphatic heterocycles. The van der Waals surface area contributed by atoms with Crippen molar-refractivity contribution in [2.45, 2.75) is 38.1 Å². The van der Waals surface area contributed by atoms with Gasteiger partial charge < -0.3 is 5.32 Å². The normalized spacial score (nSPS) is 16.9. The van der Waals surface area contributed by atoms with Crippen molar-refractivity contribution < 1.29 is 4.39 Å². The molecule has 1 fully saturated rings. The van der Waals surface area contributed by atoms with Gasteiger partial charge in [0.2, 0.25) is 0 Å². The Morgan fingerprint density at radius 2 is 1.95 bits per heavy atom. The third kappa shape index (κ3) is 3.53. The molecule has 1 unspecified atom stereocenters. The van der Waals surface area contributed by atoms with Crippen molar-refractivity contribution in [3.63, 3.8) is 0 Å². The number of benzene rings is 1. The lowest BCUT2D eigenvalue weighted by Crippen LogP contribution is -2.35. The Kier molecular flexibility index (Phi) is 4.14. The number of rotatable bonds is 6. The Bertz CT molecular complexity index is 570. The third-order valence-electron chi connectivity index (χ3n) is 4.27. The molecule has 0 amide bonds. The van der Waals surface area contributed by atoms with Gasteiger partial charge in [-0.25, -0.2) is 4.39 Å². The van der Waals surface area contributed by atoms with E-state index in [0.29, 0.717) is 12.0 Å². The standard InChI is InChI=1S/C18H22FNS/c1-18(2,16-4-3-11-21-16)12-20-17(13-5-6-13)14-7-9-15(19)10-8-14/h3-4,7-11,13,17,20H,5-6,12H2,1-2H3. The van der Waals surface area contributed by atoms with Gasteiger partial charge in [-0.2, -0.15) is 0 Å². The second-order valence-corrected chi connectivity index (χ2v) is 7.56. The lowest BCUT2D eigenvalue weighted by atomic mass is 9.90. The molecule has 1 aliphatic carbocycles. The first kappa shape index (κ1) is 14.7. The summed E-state index contributed by atoms with van der Waals surface area (Å²) in [4.78, 5) is 1.41. The van der Waals surface area contributed by atoms with E-state index in [4.69, 9.17) is 0 Å². The minimum Gasteiger partial charge on any atom is -0.309 e. The first-order valence-electron chi connectivity index (χ1n) is 7.59. The van der Waals surface area contributed by atoms with E-state index in [2.05, 4.69) is 36.7 Å². The Balaban J connectivity index is 1.70. The minimum atomic E-state index is -0.160. The summed E-state index contributed by atoms with van der Waals surface area (Å²) in [5, 5.41) is 5.86. The van der Waals surface area contributed by atoms with Gasteiger partial charge in [-0.15, -0.1) is 11.3 Å². The highest BCUT2D eigenvalue weighted by atomic mass is 32.1.